The van der Waals surface area contributed by atoms with Crippen LogP contribution in [-0.4, -0.2) is 16.8 Å². The lowest BCUT2D eigenvalue weighted by Crippen LogP contribution is -2.20. The monoisotopic (exact) mass is 369 g/mol. The van der Waals surface area contributed by atoms with Crippen molar-refractivity contribution in [3.63, 3.8) is 0 Å². The summed E-state index contributed by atoms with van der Waals surface area (Å²) in [6.45, 7) is 4.17. The summed E-state index contributed by atoms with van der Waals surface area (Å²) in [7, 11) is 3.93. The molecular formula is C16H21BrClN3. The first-order valence-electron chi connectivity index (χ1n) is 7.11. The average molecular weight is 371 g/mol. The van der Waals surface area contributed by atoms with E-state index < -0.39 is 0 Å². The Morgan fingerprint density at radius 3 is 2.67 bits per heavy atom. The van der Waals surface area contributed by atoms with Crippen LogP contribution in [0.5, 0.6) is 0 Å². The van der Waals surface area contributed by atoms with Crippen molar-refractivity contribution < 1.29 is 0 Å². The fourth-order valence-corrected chi connectivity index (χ4v) is 3.66. The fourth-order valence-electron chi connectivity index (χ4n) is 2.52. The summed E-state index contributed by atoms with van der Waals surface area (Å²) in [5.41, 5.74) is 4.51. The molecule has 21 heavy (non-hydrogen) atoms. The van der Waals surface area contributed by atoms with Gasteiger partial charge in [-0.25, -0.2) is 0 Å². The molecule has 0 aliphatic heterocycles. The maximum absolute atomic E-state index is 6.46. The van der Waals surface area contributed by atoms with E-state index in [1.54, 1.807) is 0 Å². The zero-order valence-electron chi connectivity index (χ0n) is 12.9. The highest BCUT2D eigenvalue weighted by Crippen LogP contribution is 2.30. The van der Waals surface area contributed by atoms with Gasteiger partial charge in [0.2, 0.25) is 0 Å². The zero-order chi connectivity index (χ0) is 15.6. The molecule has 0 aliphatic rings. The van der Waals surface area contributed by atoms with Crippen molar-refractivity contribution in [3.8, 4) is 0 Å². The number of hydrogen-bond acceptors (Lipinski definition) is 2. The fraction of sp³-hybridized carbons (Fsp3) is 0.438. The average Bonchev–Trinajstić information content (AvgIpc) is 2.72. The van der Waals surface area contributed by atoms with Gasteiger partial charge in [0.25, 0.3) is 0 Å². The van der Waals surface area contributed by atoms with Crippen molar-refractivity contribution >= 4 is 27.5 Å². The summed E-state index contributed by atoms with van der Waals surface area (Å²) in [6, 6.07) is 6.62. The van der Waals surface area contributed by atoms with Gasteiger partial charge >= 0.3 is 0 Å². The van der Waals surface area contributed by atoms with Crippen molar-refractivity contribution in [1.29, 1.82) is 0 Å². The molecule has 5 heteroatoms. The number of hydrogen-bond donors (Lipinski definition) is 1. The van der Waals surface area contributed by atoms with E-state index >= 15 is 0 Å². The van der Waals surface area contributed by atoms with Crippen LogP contribution in [0.25, 0.3) is 0 Å². The van der Waals surface area contributed by atoms with Crippen LogP contribution in [0.3, 0.4) is 0 Å². The highest BCUT2D eigenvalue weighted by Gasteiger charge is 2.19. The van der Waals surface area contributed by atoms with Gasteiger partial charge in [-0.2, -0.15) is 5.10 Å². The van der Waals surface area contributed by atoms with Crippen LogP contribution in [0.1, 0.15) is 35.5 Å². The number of likely N-dealkylation sites (N-methyl/N-ethyl adjacent to an activating group) is 1. The molecule has 0 radical (unpaired) electrons. The molecule has 0 aliphatic carbocycles. The van der Waals surface area contributed by atoms with Crippen LogP contribution in [0, 0.1) is 6.92 Å². The Labute approximate surface area is 139 Å². The molecule has 1 aromatic carbocycles. The third-order valence-electron chi connectivity index (χ3n) is 3.78. The Hall–Kier alpha value is -0.840. The van der Waals surface area contributed by atoms with Crippen LogP contribution in [0.4, 0.5) is 0 Å². The summed E-state index contributed by atoms with van der Waals surface area (Å²) in [5, 5.41) is 8.67. The smallest absolute Gasteiger partial charge is 0.0850 e. The third-order valence-corrected chi connectivity index (χ3v) is 4.90. The first kappa shape index (κ1) is 16.5. The lowest BCUT2D eigenvalue weighted by atomic mass is 10.0. The van der Waals surface area contributed by atoms with Crippen molar-refractivity contribution in [2.75, 3.05) is 7.05 Å². The standard InChI is InChI=1S/C16H21BrClN3/c1-5-13-16(18)15(21(4)20-13)9-14(19-3)11-7-6-10(2)8-12(11)17/h6-8,14,19H,5,9H2,1-4H3. The molecule has 3 nitrogen and oxygen atoms in total. The Kier molecular flexibility index (Phi) is 5.47. The van der Waals surface area contributed by atoms with E-state index in [9.17, 15) is 0 Å². The Balaban J connectivity index is 2.33. The molecule has 0 saturated carbocycles. The molecule has 0 bridgehead atoms. The lowest BCUT2D eigenvalue weighted by Gasteiger charge is -2.19. The highest BCUT2D eigenvalue weighted by atomic mass is 79.9. The molecule has 1 aromatic heterocycles. The van der Waals surface area contributed by atoms with Crippen LogP contribution in [0.15, 0.2) is 22.7 Å². The second-order valence-corrected chi connectivity index (χ2v) is 6.49. The Bertz CT molecular complexity index is 637. The summed E-state index contributed by atoms with van der Waals surface area (Å²) < 4.78 is 3.02. The minimum atomic E-state index is 0.192. The van der Waals surface area contributed by atoms with Crippen LogP contribution in [-0.2, 0) is 19.9 Å². The van der Waals surface area contributed by atoms with Crippen LogP contribution < -0.4 is 5.32 Å². The van der Waals surface area contributed by atoms with Gasteiger partial charge in [0, 0.05) is 24.0 Å². The van der Waals surface area contributed by atoms with Gasteiger partial charge < -0.3 is 5.32 Å². The largest absolute Gasteiger partial charge is 0.313 e. The maximum atomic E-state index is 6.46. The molecule has 0 fully saturated rings. The predicted octanol–water partition coefficient (Wildman–Crippen LogP) is 4.21. The van der Waals surface area contributed by atoms with Crippen LogP contribution >= 0.6 is 27.5 Å². The summed E-state index contributed by atoms with van der Waals surface area (Å²) in [5.74, 6) is 0. The molecule has 0 spiro atoms. The summed E-state index contributed by atoms with van der Waals surface area (Å²) >= 11 is 10.1. The zero-order valence-corrected chi connectivity index (χ0v) is 15.2. The van der Waals surface area contributed by atoms with E-state index in [-0.39, 0.29) is 6.04 Å². The number of nitrogens with one attached hydrogen (secondary N) is 1. The first-order chi connectivity index (χ1) is 9.97. The van der Waals surface area contributed by atoms with E-state index in [2.05, 4.69) is 58.4 Å². The quantitative estimate of drug-likeness (QED) is 0.854. The van der Waals surface area contributed by atoms with E-state index in [1.165, 1.54) is 11.1 Å². The van der Waals surface area contributed by atoms with E-state index in [1.807, 2.05) is 18.8 Å². The van der Waals surface area contributed by atoms with Crippen molar-refractivity contribution in [3.05, 3.63) is 50.2 Å². The molecule has 1 atom stereocenters. The molecule has 0 saturated heterocycles. The van der Waals surface area contributed by atoms with Gasteiger partial charge in [-0.05, 0) is 37.6 Å². The van der Waals surface area contributed by atoms with Gasteiger partial charge in [0.05, 0.1) is 16.4 Å². The van der Waals surface area contributed by atoms with E-state index in [0.717, 1.165) is 33.7 Å². The summed E-state index contributed by atoms with van der Waals surface area (Å²) in [6.07, 6.45) is 1.66. The Morgan fingerprint density at radius 2 is 2.14 bits per heavy atom. The topological polar surface area (TPSA) is 29.9 Å². The maximum Gasteiger partial charge on any atom is 0.0850 e. The third kappa shape index (κ3) is 3.50. The molecule has 2 aromatic rings. The molecular weight excluding hydrogens is 350 g/mol. The highest BCUT2D eigenvalue weighted by molar-refractivity contribution is 9.10. The SMILES string of the molecule is CCc1nn(C)c(CC(NC)c2ccc(C)cc2Br)c1Cl. The number of rotatable bonds is 5. The van der Waals surface area contributed by atoms with Crippen LogP contribution in [0.2, 0.25) is 5.02 Å². The normalized spacial score (nSPS) is 12.7. The van der Waals surface area contributed by atoms with Crippen molar-refractivity contribution in [1.82, 2.24) is 15.1 Å². The van der Waals surface area contributed by atoms with Crippen molar-refractivity contribution in [2.45, 2.75) is 32.7 Å². The van der Waals surface area contributed by atoms with Gasteiger partial charge in [0.1, 0.15) is 0 Å². The van der Waals surface area contributed by atoms with Gasteiger partial charge in [-0.3, -0.25) is 4.68 Å². The second-order valence-electron chi connectivity index (χ2n) is 5.25. The molecule has 0 amide bonds. The van der Waals surface area contributed by atoms with E-state index in [4.69, 9.17) is 11.6 Å². The van der Waals surface area contributed by atoms with Gasteiger partial charge in [-0.1, -0.05) is 46.6 Å². The predicted molar refractivity (Wildman–Crippen MR) is 92.0 cm³/mol. The van der Waals surface area contributed by atoms with Gasteiger partial charge in [-0.15, -0.1) is 0 Å². The number of halogens is 2. The summed E-state index contributed by atoms with van der Waals surface area (Å²) in [4.78, 5) is 0. The minimum absolute atomic E-state index is 0.192. The lowest BCUT2D eigenvalue weighted by molar-refractivity contribution is 0.559. The minimum Gasteiger partial charge on any atom is -0.313 e. The number of aryl methyl sites for hydroxylation is 3. The molecule has 1 heterocycles. The molecule has 1 N–H and O–H groups in total. The molecule has 2 rings (SSSR count). The van der Waals surface area contributed by atoms with Gasteiger partial charge in [0.15, 0.2) is 0 Å². The Morgan fingerprint density at radius 1 is 1.43 bits per heavy atom. The molecule has 1 unspecified atom stereocenters. The number of benzene rings is 1. The number of nitrogens with zero attached hydrogens (tertiary/aromatic N) is 2. The second kappa shape index (κ2) is 6.95. The van der Waals surface area contributed by atoms with Crippen molar-refractivity contribution in [2.24, 2.45) is 7.05 Å². The number of aromatic nitrogens is 2. The molecule has 114 valence electrons. The van der Waals surface area contributed by atoms with E-state index in [0.29, 0.717) is 0 Å². The first-order valence-corrected chi connectivity index (χ1v) is 8.28.